The maximum atomic E-state index is 13.8. The second kappa shape index (κ2) is 9.78. The van der Waals surface area contributed by atoms with Gasteiger partial charge in [-0.1, -0.05) is 6.07 Å². The Bertz CT molecular complexity index is 1320. The molecule has 1 N–H and O–H groups in total. The molecule has 9 heteroatoms. The van der Waals surface area contributed by atoms with Crippen LogP contribution in [0.2, 0.25) is 0 Å². The van der Waals surface area contributed by atoms with Gasteiger partial charge in [-0.2, -0.15) is 0 Å². The minimum Gasteiger partial charge on any atom is -0.493 e. The van der Waals surface area contributed by atoms with Crippen molar-refractivity contribution in [3.05, 3.63) is 47.0 Å². The van der Waals surface area contributed by atoms with Crippen molar-refractivity contribution in [1.29, 1.82) is 0 Å². The van der Waals surface area contributed by atoms with E-state index in [9.17, 15) is 9.59 Å². The summed E-state index contributed by atoms with van der Waals surface area (Å²) < 4.78 is 18.7. The molecule has 4 heterocycles. The number of ether oxygens (including phenoxy) is 3. The standard InChI is InChI=1S/C28H33N3O5S/c1-28(2,3)36-27(33)29-18-9-10-30(16-18)26(32)21-14-20(24-7-6-12-37-24)25-19-15-23(35-5)22(34-4)13-17(19)8-11-31(21)25/h6-7,12-15,18H,8-11,16H2,1-5H3,(H,29,33)/t18-/m1/s1. The number of methoxy groups -OCH3 is 2. The second-order valence-corrected chi connectivity index (χ2v) is 11.4. The van der Waals surface area contributed by atoms with Crippen molar-refractivity contribution in [2.45, 2.75) is 51.8 Å². The lowest BCUT2D eigenvalue weighted by Crippen LogP contribution is -2.41. The van der Waals surface area contributed by atoms with Gasteiger partial charge in [0.1, 0.15) is 11.3 Å². The number of carbonyl (C=O) groups excluding carboxylic acids is 2. The summed E-state index contributed by atoms with van der Waals surface area (Å²) in [4.78, 5) is 29.0. The van der Waals surface area contributed by atoms with Crippen LogP contribution in [0.4, 0.5) is 4.79 Å². The fourth-order valence-corrected chi connectivity index (χ4v) is 5.89. The van der Waals surface area contributed by atoms with E-state index >= 15 is 0 Å². The Hall–Kier alpha value is -3.46. The lowest BCUT2D eigenvalue weighted by atomic mass is 9.95. The molecule has 1 fully saturated rings. The van der Waals surface area contributed by atoms with Gasteiger partial charge in [0.15, 0.2) is 11.5 Å². The number of rotatable bonds is 5. The molecule has 37 heavy (non-hydrogen) atoms. The molecule has 1 atom stereocenters. The van der Waals surface area contributed by atoms with Crippen molar-refractivity contribution in [3.63, 3.8) is 0 Å². The lowest BCUT2D eigenvalue weighted by molar-refractivity contribution is 0.0502. The Morgan fingerprint density at radius 3 is 2.49 bits per heavy atom. The van der Waals surface area contributed by atoms with Gasteiger partial charge in [-0.05, 0) is 68.8 Å². The van der Waals surface area contributed by atoms with Crippen molar-refractivity contribution >= 4 is 23.3 Å². The number of hydrogen-bond acceptors (Lipinski definition) is 6. The molecule has 1 aromatic carbocycles. The van der Waals surface area contributed by atoms with E-state index in [1.54, 1.807) is 25.6 Å². The number of carbonyl (C=O) groups is 2. The Balaban J connectivity index is 1.47. The van der Waals surface area contributed by atoms with Crippen LogP contribution in [-0.4, -0.2) is 60.4 Å². The van der Waals surface area contributed by atoms with Crippen LogP contribution in [-0.2, 0) is 17.7 Å². The summed E-state index contributed by atoms with van der Waals surface area (Å²) in [5.74, 6) is 1.34. The molecule has 0 saturated carbocycles. The van der Waals surface area contributed by atoms with E-state index in [-0.39, 0.29) is 11.9 Å². The Morgan fingerprint density at radius 1 is 1.05 bits per heavy atom. The second-order valence-electron chi connectivity index (χ2n) is 10.4. The number of aryl methyl sites for hydroxylation is 1. The Morgan fingerprint density at radius 2 is 1.81 bits per heavy atom. The average molecular weight is 524 g/mol. The van der Waals surface area contributed by atoms with E-state index in [4.69, 9.17) is 14.2 Å². The molecule has 8 nitrogen and oxygen atoms in total. The highest BCUT2D eigenvalue weighted by Gasteiger charge is 2.34. The predicted octanol–water partition coefficient (Wildman–Crippen LogP) is 5.20. The van der Waals surface area contributed by atoms with E-state index in [0.717, 1.165) is 28.1 Å². The molecule has 3 aromatic rings. The van der Waals surface area contributed by atoms with Gasteiger partial charge in [-0.25, -0.2) is 4.79 Å². The van der Waals surface area contributed by atoms with E-state index < -0.39 is 11.7 Å². The maximum absolute atomic E-state index is 13.8. The van der Waals surface area contributed by atoms with E-state index in [1.807, 2.05) is 55.3 Å². The van der Waals surface area contributed by atoms with E-state index in [0.29, 0.717) is 43.2 Å². The third kappa shape index (κ3) is 4.92. The summed E-state index contributed by atoms with van der Waals surface area (Å²) >= 11 is 1.65. The fourth-order valence-electron chi connectivity index (χ4n) is 5.15. The highest BCUT2D eigenvalue weighted by Crippen LogP contribution is 2.45. The first-order valence-corrected chi connectivity index (χ1v) is 13.4. The van der Waals surface area contributed by atoms with Crippen molar-refractivity contribution in [1.82, 2.24) is 14.8 Å². The smallest absolute Gasteiger partial charge is 0.407 e. The third-order valence-corrected chi connectivity index (χ3v) is 7.67. The summed E-state index contributed by atoms with van der Waals surface area (Å²) in [5, 5.41) is 4.96. The summed E-state index contributed by atoms with van der Waals surface area (Å²) in [6, 6.07) is 10.0. The largest absolute Gasteiger partial charge is 0.493 e. The molecule has 0 spiro atoms. The zero-order valence-corrected chi connectivity index (χ0v) is 22.7. The number of nitrogens with one attached hydrogen (secondary N) is 1. The zero-order valence-electron chi connectivity index (χ0n) is 21.9. The third-order valence-electron chi connectivity index (χ3n) is 6.77. The molecule has 2 aliphatic rings. The van der Waals surface area contributed by atoms with E-state index in [2.05, 4.69) is 16.0 Å². The minimum absolute atomic E-state index is 0.0264. The van der Waals surface area contributed by atoms with Crippen LogP contribution in [0.5, 0.6) is 11.5 Å². The number of benzene rings is 1. The quantitative estimate of drug-likeness (QED) is 0.497. The van der Waals surface area contributed by atoms with Gasteiger partial charge >= 0.3 is 6.09 Å². The molecule has 5 rings (SSSR count). The molecule has 0 radical (unpaired) electrons. The molecule has 2 aliphatic heterocycles. The number of hydrogen-bond donors (Lipinski definition) is 1. The molecule has 0 bridgehead atoms. The average Bonchev–Trinajstić information content (AvgIpc) is 3.61. The lowest BCUT2D eigenvalue weighted by Gasteiger charge is -2.25. The molecule has 196 valence electrons. The summed E-state index contributed by atoms with van der Waals surface area (Å²) in [6.07, 6.45) is 1.02. The van der Waals surface area contributed by atoms with Gasteiger partial charge in [-0.3, -0.25) is 4.79 Å². The van der Waals surface area contributed by atoms with Crippen LogP contribution >= 0.6 is 11.3 Å². The van der Waals surface area contributed by atoms with Gasteiger partial charge < -0.3 is 29.0 Å². The Labute approximate surface area is 221 Å². The number of fused-ring (bicyclic) bond motifs is 3. The molecular formula is C28H33N3O5S. The minimum atomic E-state index is -0.565. The van der Waals surface area contributed by atoms with E-state index in [1.165, 1.54) is 5.56 Å². The van der Waals surface area contributed by atoms with Crippen LogP contribution in [0.15, 0.2) is 35.7 Å². The fraction of sp³-hybridized carbons (Fsp3) is 0.429. The van der Waals surface area contributed by atoms with Crippen molar-refractivity contribution in [2.75, 3.05) is 27.3 Å². The molecule has 1 saturated heterocycles. The first kappa shape index (κ1) is 25.2. The van der Waals surface area contributed by atoms with Crippen molar-refractivity contribution in [2.24, 2.45) is 0 Å². The zero-order chi connectivity index (χ0) is 26.3. The van der Waals surface area contributed by atoms with Gasteiger partial charge in [0.25, 0.3) is 5.91 Å². The molecular weight excluding hydrogens is 490 g/mol. The van der Waals surface area contributed by atoms with Gasteiger partial charge in [0.05, 0.1) is 26.0 Å². The number of likely N-dealkylation sites (tertiary alicyclic amines) is 1. The van der Waals surface area contributed by atoms with Crippen LogP contribution < -0.4 is 14.8 Å². The number of thiophene rings is 1. The highest BCUT2D eigenvalue weighted by atomic mass is 32.1. The molecule has 2 amide bonds. The first-order valence-electron chi connectivity index (χ1n) is 12.5. The number of aromatic nitrogens is 1. The SMILES string of the molecule is COc1cc2c(cc1OC)-c1c(-c3cccs3)cc(C(=O)N3CC[C@@H](NC(=O)OC(C)(C)C)C3)n1CC2. The van der Waals surface area contributed by atoms with Gasteiger partial charge in [-0.15, -0.1) is 11.3 Å². The topological polar surface area (TPSA) is 82.0 Å². The van der Waals surface area contributed by atoms with Crippen LogP contribution in [0, 0.1) is 0 Å². The normalized spacial score (nSPS) is 16.7. The molecule has 2 aromatic heterocycles. The maximum Gasteiger partial charge on any atom is 0.407 e. The molecule has 0 aliphatic carbocycles. The van der Waals surface area contributed by atoms with Crippen LogP contribution in [0.1, 0.15) is 43.2 Å². The highest BCUT2D eigenvalue weighted by molar-refractivity contribution is 7.13. The van der Waals surface area contributed by atoms with Gasteiger partial charge in [0.2, 0.25) is 0 Å². The summed E-state index contributed by atoms with van der Waals surface area (Å²) in [6.45, 7) is 7.23. The number of alkyl carbamates (subject to hydrolysis) is 1. The summed E-state index contributed by atoms with van der Waals surface area (Å²) in [7, 11) is 3.28. The van der Waals surface area contributed by atoms with Gasteiger partial charge in [0, 0.05) is 35.6 Å². The van der Waals surface area contributed by atoms with Crippen LogP contribution in [0.25, 0.3) is 21.7 Å². The first-order chi connectivity index (χ1) is 17.7. The van der Waals surface area contributed by atoms with Crippen LogP contribution in [0.3, 0.4) is 0 Å². The van der Waals surface area contributed by atoms with Crippen molar-refractivity contribution in [3.8, 4) is 33.2 Å². The molecule has 0 unspecified atom stereocenters. The number of amides is 2. The Kier molecular flexibility index (Phi) is 6.66. The number of nitrogens with zero attached hydrogens (tertiary/aromatic N) is 2. The summed E-state index contributed by atoms with van der Waals surface area (Å²) in [5.41, 5.74) is 4.38. The predicted molar refractivity (Wildman–Crippen MR) is 144 cm³/mol. The monoisotopic (exact) mass is 523 g/mol. The van der Waals surface area contributed by atoms with Crippen molar-refractivity contribution < 1.29 is 23.8 Å².